The van der Waals surface area contributed by atoms with E-state index in [9.17, 15) is 4.79 Å². The van der Waals surface area contributed by atoms with Gasteiger partial charge in [0.1, 0.15) is 0 Å². The first-order valence-corrected chi connectivity index (χ1v) is 7.39. The van der Waals surface area contributed by atoms with E-state index in [0.29, 0.717) is 6.42 Å². The lowest BCUT2D eigenvalue weighted by Crippen LogP contribution is -2.49. The van der Waals surface area contributed by atoms with Gasteiger partial charge in [-0.1, -0.05) is 18.2 Å². The molecule has 4 nitrogen and oxygen atoms in total. The van der Waals surface area contributed by atoms with Crippen LogP contribution in [0, 0.1) is 0 Å². The molecule has 1 aliphatic rings. The minimum absolute atomic E-state index is 0. The number of benzene rings is 1. The lowest BCUT2D eigenvalue weighted by atomic mass is 10.0. The predicted octanol–water partition coefficient (Wildman–Crippen LogP) is 2.69. The van der Waals surface area contributed by atoms with Gasteiger partial charge in [0.15, 0.2) is 0 Å². The van der Waals surface area contributed by atoms with Crippen LogP contribution in [0.25, 0.3) is 0 Å². The topological polar surface area (TPSA) is 49.6 Å². The number of likely N-dealkylation sites (N-methyl/N-ethyl adjacent to an activating group) is 1. The number of piperidine rings is 1. The zero-order valence-electron chi connectivity index (χ0n) is 13.3. The van der Waals surface area contributed by atoms with Gasteiger partial charge in [-0.05, 0) is 31.9 Å². The maximum absolute atomic E-state index is 12.1. The van der Waals surface area contributed by atoms with Crippen LogP contribution in [0.15, 0.2) is 30.3 Å². The van der Waals surface area contributed by atoms with Gasteiger partial charge >= 0.3 is 0 Å². The van der Waals surface area contributed by atoms with Gasteiger partial charge in [0.05, 0.1) is 0 Å². The highest BCUT2D eigenvalue weighted by Gasteiger charge is 2.26. The number of carbonyl (C=O) groups excluding carboxylic acids is 1. The Morgan fingerprint density at radius 3 is 2.59 bits per heavy atom. The second-order valence-corrected chi connectivity index (χ2v) is 5.76. The number of nitrogens with two attached hydrogens (primary N) is 1. The van der Waals surface area contributed by atoms with Crippen LogP contribution in [0.2, 0.25) is 0 Å². The Morgan fingerprint density at radius 1 is 1.36 bits per heavy atom. The van der Waals surface area contributed by atoms with Crippen molar-refractivity contribution in [2.45, 2.75) is 38.3 Å². The van der Waals surface area contributed by atoms with E-state index in [1.54, 1.807) is 0 Å². The average molecular weight is 348 g/mol. The Labute approximate surface area is 145 Å². The second-order valence-electron chi connectivity index (χ2n) is 5.76. The van der Waals surface area contributed by atoms with Crippen LogP contribution in [0.5, 0.6) is 0 Å². The molecule has 2 unspecified atom stereocenters. The summed E-state index contributed by atoms with van der Waals surface area (Å²) in [6.07, 6.45) is 2.62. The van der Waals surface area contributed by atoms with Gasteiger partial charge < -0.3 is 15.5 Å². The molecular weight excluding hydrogens is 321 g/mol. The first-order valence-electron chi connectivity index (χ1n) is 7.39. The number of anilines is 1. The first-order chi connectivity index (χ1) is 9.58. The lowest BCUT2D eigenvalue weighted by Gasteiger charge is -2.39. The van der Waals surface area contributed by atoms with E-state index < -0.39 is 0 Å². The largest absolute Gasteiger partial charge is 0.369 e. The Hall–Kier alpha value is -0.970. The summed E-state index contributed by atoms with van der Waals surface area (Å²) < 4.78 is 0. The van der Waals surface area contributed by atoms with E-state index in [4.69, 9.17) is 5.73 Å². The van der Waals surface area contributed by atoms with Crippen molar-refractivity contribution in [1.82, 2.24) is 4.90 Å². The Bertz CT molecular complexity index is 442. The molecule has 0 spiro atoms. The molecule has 2 atom stereocenters. The molecule has 1 amide bonds. The molecule has 1 fully saturated rings. The molecule has 1 saturated heterocycles. The zero-order valence-corrected chi connectivity index (χ0v) is 14.9. The van der Waals surface area contributed by atoms with Gasteiger partial charge in [-0.2, -0.15) is 0 Å². The average Bonchev–Trinajstić information content (AvgIpc) is 2.47. The van der Waals surface area contributed by atoms with Crippen LogP contribution in [0.3, 0.4) is 0 Å². The molecule has 126 valence electrons. The summed E-state index contributed by atoms with van der Waals surface area (Å²) >= 11 is 0. The normalized spacial score (nSPS) is 18.7. The summed E-state index contributed by atoms with van der Waals surface area (Å²) in [6.45, 7) is 3.85. The monoisotopic (exact) mass is 347 g/mol. The molecule has 6 heteroatoms. The van der Waals surface area contributed by atoms with Crippen molar-refractivity contribution >= 4 is 36.4 Å². The molecule has 0 radical (unpaired) electrons. The van der Waals surface area contributed by atoms with Crippen LogP contribution < -0.4 is 10.6 Å². The van der Waals surface area contributed by atoms with Crippen LogP contribution in [0.1, 0.15) is 26.2 Å². The number of halogens is 2. The van der Waals surface area contributed by atoms with Gasteiger partial charge in [0.2, 0.25) is 5.91 Å². The molecule has 0 aliphatic carbocycles. The maximum atomic E-state index is 12.1. The zero-order chi connectivity index (χ0) is 14.5. The number of hydrogen-bond acceptors (Lipinski definition) is 3. The summed E-state index contributed by atoms with van der Waals surface area (Å²) in [7, 11) is 1.91. The summed E-state index contributed by atoms with van der Waals surface area (Å²) in [6, 6.07) is 10.6. The van der Waals surface area contributed by atoms with Crippen molar-refractivity contribution in [1.29, 1.82) is 0 Å². The third-order valence-corrected chi connectivity index (χ3v) is 3.96. The van der Waals surface area contributed by atoms with Gasteiger partial charge in [0, 0.05) is 44.3 Å². The molecule has 1 heterocycles. The minimum Gasteiger partial charge on any atom is -0.369 e. The molecule has 1 aromatic rings. The van der Waals surface area contributed by atoms with Crippen molar-refractivity contribution in [3.05, 3.63) is 30.3 Å². The van der Waals surface area contributed by atoms with Gasteiger partial charge in [0.25, 0.3) is 0 Å². The first kappa shape index (κ1) is 21.0. The third kappa shape index (κ3) is 5.67. The van der Waals surface area contributed by atoms with Crippen LogP contribution in [-0.4, -0.2) is 43.0 Å². The molecule has 1 aromatic carbocycles. The fourth-order valence-corrected chi connectivity index (χ4v) is 2.77. The molecule has 22 heavy (non-hydrogen) atoms. The fraction of sp³-hybridized carbons (Fsp3) is 0.562. The second kappa shape index (κ2) is 9.93. The standard InChI is InChI=1S/C16H25N3O.2ClH/c1-13(17)11-16(20)18(2)15-9-6-10-19(12-15)14-7-4-3-5-8-14;;/h3-5,7-8,13,15H,6,9-12,17H2,1-2H3;2*1H. The summed E-state index contributed by atoms with van der Waals surface area (Å²) in [5, 5.41) is 0. The van der Waals surface area contributed by atoms with E-state index in [2.05, 4.69) is 29.2 Å². The van der Waals surface area contributed by atoms with Crippen molar-refractivity contribution in [3.63, 3.8) is 0 Å². The Morgan fingerprint density at radius 2 is 2.00 bits per heavy atom. The van der Waals surface area contributed by atoms with E-state index in [0.717, 1.165) is 25.9 Å². The predicted molar refractivity (Wildman–Crippen MR) is 97.2 cm³/mol. The SMILES string of the molecule is CC(N)CC(=O)N(C)C1CCCN(c2ccccc2)C1.Cl.Cl. The summed E-state index contributed by atoms with van der Waals surface area (Å²) in [4.78, 5) is 16.4. The van der Waals surface area contributed by atoms with Gasteiger partial charge in [-0.15, -0.1) is 24.8 Å². The van der Waals surface area contributed by atoms with Crippen LogP contribution in [-0.2, 0) is 4.79 Å². The van der Waals surface area contributed by atoms with E-state index >= 15 is 0 Å². The molecular formula is C16H27Cl2N3O. The number of carbonyl (C=O) groups is 1. The van der Waals surface area contributed by atoms with Crippen molar-refractivity contribution in [3.8, 4) is 0 Å². The summed E-state index contributed by atoms with van der Waals surface area (Å²) in [5.74, 6) is 0.153. The Balaban J connectivity index is 0.00000220. The highest BCUT2D eigenvalue weighted by molar-refractivity contribution is 5.85. The highest BCUT2D eigenvalue weighted by Crippen LogP contribution is 2.22. The van der Waals surface area contributed by atoms with Crippen molar-refractivity contribution < 1.29 is 4.79 Å². The van der Waals surface area contributed by atoms with Crippen LogP contribution in [0.4, 0.5) is 5.69 Å². The number of rotatable bonds is 4. The van der Waals surface area contributed by atoms with E-state index in [1.165, 1.54) is 5.69 Å². The molecule has 2 N–H and O–H groups in total. The van der Waals surface area contributed by atoms with Gasteiger partial charge in [-0.3, -0.25) is 4.79 Å². The molecule has 2 rings (SSSR count). The molecule has 0 bridgehead atoms. The number of hydrogen-bond donors (Lipinski definition) is 1. The van der Waals surface area contributed by atoms with E-state index in [1.807, 2.05) is 24.9 Å². The van der Waals surface area contributed by atoms with Crippen molar-refractivity contribution in [2.75, 3.05) is 25.0 Å². The summed E-state index contributed by atoms with van der Waals surface area (Å²) in [5.41, 5.74) is 6.96. The fourth-order valence-electron chi connectivity index (χ4n) is 2.77. The Kier molecular flexibility index (Phi) is 9.49. The lowest BCUT2D eigenvalue weighted by molar-refractivity contribution is -0.132. The number of amides is 1. The molecule has 1 aliphatic heterocycles. The molecule has 0 aromatic heterocycles. The highest BCUT2D eigenvalue weighted by atomic mass is 35.5. The number of nitrogens with zero attached hydrogens (tertiary/aromatic N) is 2. The van der Waals surface area contributed by atoms with E-state index in [-0.39, 0.29) is 42.8 Å². The smallest absolute Gasteiger partial charge is 0.224 e. The van der Waals surface area contributed by atoms with Crippen LogP contribution >= 0.6 is 24.8 Å². The van der Waals surface area contributed by atoms with Crippen molar-refractivity contribution in [2.24, 2.45) is 5.73 Å². The van der Waals surface area contributed by atoms with Gasteiger partial charge in [-0.25, -0.2) is 0 Å². The third-order valence-electron chi connectivity index (χ3n) is 3.96. The maximum Gasteiger partial charge on any atom is 0.224 e. The number of para-hydroxylation sites is 1. The molecule has 0 saturated carbocycles. The quantitative estimate of drug-likeness (QED) is 0.910. The minimum atomic E-state index is -0.0706.